The molecule has 0 bridgehead atoms. The van der Waals surface area contributed by atoms with Crippen molar-refractivity contribution in [3.8, 4) is 0 Å². The summed E-state index contributed by atoms with van der Waals surface area (Å²) in [6.07, 6.45) is 0. The number of Topliss-reactive ketones (excluding diaryl/α,β-unsaturated/α-hetero) is 1. The Kier molecular flexibility index (Phi) is 1.75. The van der Waals surface area contributed by atoms with E-state index in [0.29, 0.717) is 0 Å². The highest BCUT2D eigenvalue weighted by Crippen LogP contribution is 1.99. The topological polar surface area (TPSA) is 71.5 Å². The monoisotopic (exact) mass is 140 g/mol. The molecule has 0 aliphatic rings. The van der Waals surface area contributed by atoms with Crippen LogP contribution in [0.25, 0.3) is 0 Å². The summed E-state index contributed by atoms with van der Waals surface area (Å²) >= 11 is 0. The average molecular weight is 140 g/mol. The number of nitrogens with zero attached hydrogens (tertiary/aromatic N) is 3. The molecule has 0 amide bonds. The molecule has 0 aliphatic carbocycles. The van der Waals surface area contributed by atoms with Crippen LogP contribution in [-0.4, -0.2) is 26.4 Å². The van der Waals surface area contributed by atoms with Crippen molar-refractivity contribution >= 4 is 5.78 Å². The summed E-state index contributed by atoms with van der Waals surface area (Å²) in [7, 11) is 0. The molecule has 1 aromatic rings. The molecule has 0 atom stereocenters. The Morgan fingerprint density at radius 2 is 2.30 bits per heavy atom. The third kappa shape index (κ3) is 1.18. The van der Waals surface area contributed by atoms with Gasteiger partial charge in [-0.1, -0.05) is 13.8 Å². The van der Waals surface area contributed by atoms with Crippen molar-refractivity contribution in [1.29, 1.82) is 0 Å². The standard InChI is InChI=1S/C5H8N4O/c1-3(2)4(10)5-6-8-9-7-5/h3H,1-2H3,(H,6,7,8,9). The third-order valence-electron chi connectivity index (χ3n) is 1.10. The lowest BCUT2D eigenvalue weighted by Crippen LogP contribution is -2.09. The normalized spacial score (nSPS) is 10.3. The van der Waals surface area contributed by atoms with Crippen molar-refractivity contribution in [2.24, 2.45) is 5.92 Å². The molecule has 54 valence electrons. The zero-order valence-corrected chi connectivity index (χ0v) is 5.83. The lowest BCUT2D eigenvalue weighted by molar-refractivity contribution is 0.0929. The largest absolute Gasteiger partial charge is 0.290 e. The third-order valence-corrected chi connectivity index (χ3v) is 1.10. The Morgan fingerprint density at radius 3 is 2.70 bits per heavy atom. The quantitative estimate of drug-likeness (QED) is 0.588. The number of aromatic nitrogens is 4. The van der Waals surface area contributed by atoms with E-state index in [4.69, 9.17) is 0 Å². The Hall–Kier alpha value is -1.26. The molecule has 0 saturated heterocycles. The van der Waals surface area contributed by atoms with Gasteiger partial charge in [0.1, 0.15) is 0 Å². The van der Waals surface area contributed by atoms with E-state index < -0.39 is 0 Å². The van der Waals surface area contributed by atoms with Gasteiger partial charge in [0.2, 0.25) is 11.6 Å². The Bertz CT molecular complexity index is 216. The number of ketones is 1. The SMILES string of the molecule is CC(C)C(=O)c1nnn[nH]1. The maximum absolute atomic E-state index is 11.0. The van der Waals surface area contributed by atoms with Crippen LogP contribution >= 0.6 is 0 Å². The predicted molar refractivity (Wildman–Crippen MR) is 33.3 cm³/mol. The fourth-order valence-corrected chi connectivity index (χ4v) is 0.537. The first-order valence-electron chi connectivity index (χ1n) is 2.99. The summed E-state index contributed by atoms with van der Waals surface area (Å²) in [5, 5.41) is 12.4. The maximum Gasteiger partial charge on any atom is 0.215 e. The minimum Gasteiger partial charge on any atom is -0.290 e. The first kappa shape index (κ1) is 6.85. The summed E-state index contributed by atoms with van der Waals surface area (Å²) in [6, 6.07) is 0. The Balaban J connectivity index is 2.78. The number of aromatic amines is 1. The number of hydrogen-bond donors (Lipinski definition) is 1. The summed E-state index contributed by atoms with van der Waals surface area (Å²) in [5.74, 6) is 0.106. The van der Waals surface area contributed by atoms with E-state index in [1.165, 1.54) is 0 Å². The van der Waals surface area contributed by atoms with E-state index in [0.717, 1.165) is 0 Å². The van der Waals surface area contributed by atoms with Crippen molar-refractivity contribution in [3.05, 3.63) is 5.82 Å². The molecule has 5 nitrogen and oxygen atoms in total. The van der Waals surface area contributed by atoms with Gasteiger partial charge in [-0.25, -0.2) is 5.10 Å². The van der Waals surface area contributed by atoms with Crippen molar-refractivity contribution < 1.29 is 4.79 Å². The molecule has 1 aromatic heterocycles. The molecule has 0 saturated carbocycles. The van der Waals surface area contributed by atoms with Gasteiger partial charge in [0.15, 0.2) is 0 Å². The lowest BCUT2D eigenvalue weighted by atomic mass is 10.1. The van der Waals surface area contributed by atoms with Crippen LogP contribution in [0.15, 0.2) is 0 Å². The minimum atomic E-state index is -0.0648. The van der Waals surface area contributed by atoms with E-state index in [-0.39, 0.29) is 17.5 Å². The van der Waals surface area contributed by atoms with Gasteiger partial charge < -0.3 is 0 Å². The highest BCUT2D eigenvalue weighted by Gasteiger charge is 2.12. The Morgan fingerprint density at radius 1 is 1.60 bits per heavy atom. The number of tetrazole rings is 1. The number of hydrogen-bond acceptors (Lipinski definition) is 4. The van der Waals surface area contributed by atoms with Gasteiger partial charge in [0.05, 0.1) is 0 Å². The van der Waals surface area contributed by atoms with Crippen LogP contribution in [0.3, 0.4) is 0 Å². The highest BCUT2D eigenvalue weighted by molar-refractivity contribution is 5.93. The zero-order valence-electron chi connectivity index (χ0n) is 5.83. The summed E-state index contributed by atoms with van der Waals surface area (Å²) in [5.41, 5.74) is 0. The van der Waals surface area contributed by atoms with Crippen LogP contribution in [0.4, 0.5) is 0 Å². The molecule has 5 heteroatoms. The fraction of sp³-hybridized carbons (Fsp3) is 0.600. The number of carbonyl (C=O) groups excluding carboxylic acids is 1. The van der Waals surface area contributed by atoms with Crippen LogP contribution in [0.2, 0.25) is 0 Å². The van der Waals surface area contributed by atoms with Crippen LogP contribution in [0.1, 0.15) is 24.5 Å². The van der Waals surface area contributed by atoms with E-state index in [2.05, 4.69) is 20.6 Å². The van der Waals surface area contributed by atoms with Gasteiger partial charge in [-0.15, -0.1) is 5.10 Å². The number of nitrogens with one attached hydrogen (secondary N) is 1. The number of carbonyl (C=O) groups is 1. The van der Waals surface area contributed by atoms with E-state index >= 15 is 0 Å². The summed E-state index contributed by atoms with van der Waals surface area (Å²) in [4.78, 5) is 11.0. The van der Waals surface area contributed by atoms with Crippen LogP contribution < -0.4 is 0 Å². The van der Waals surface area contributed by atoms with E-state index in [1.807, 2.05) is 0 Å². The first-order valence-corrected chi connectivity index (χ1v) is 2.99. The second-order valence-corrected chi connectivity index (χ2v) is 2.27. The molecular formula is C5H8N4O. The molecule has 0 unspecified atom stereocenters. The van der Waals surface area contributed by atoms with Crippen molar-refractivity contribution in [2.75, 3.05) is 0 Å². The fourth-order valence-electron chi connectivity index (χ4n) is 0.537. The molecule has 0 aromatic carbocycles. The molecular weight excluding hydrogens is 132 g/mol. The smallest absolute Gasteiger partial charge is 0.215 e. The molecule has 0 spiro atoms. The van der Waals surface area contributed by atoms with Crippen molar-refractivity contribution in [3.63, 3.8) is 0 Å². The molecule has 1 N–H and O–H groups in total. The molecule has 1 heterocycles. The summed E-state index contributed by atoms with van der Waals surface area (Å²) in [6.45, 7) is 3.59. The second kappa shape index (κ2) is 2.55. The van der Waals surface area contributed by atoms with Gasteiger partial charge in [-0.05, 0) is 10.4 Å². The average Bonchev–Trinajstić information content (AvgIpc) is 2.36. The number of H-pyrrole nitrogens is 1. The highest BCUT2D eigenvalue weighted by atomic mass is 16.1. The molecule has 0 radical (unpaired) electrons. The summed E-state index contributed by atoms with van der Waals surface area (Å²) < 4.78 is 0. The zero-order chi connectivity index (χ0) is 7.56. The van der Waals surface area contributed by atoms with E-state index in [1.54, 1.807) is 13.8 Å². The van der Waals surface area contributed by atoms with Crippen LogP contribution in [0, 0.1) is 5.92 Å². The predicted octanol–water partition coefficient (Wildman–Crippen LogP) is 0.0384. The van der Waals surface area contributed by atoms with Gasteiger partial charge >= 0.3 is 0 Å². The molecule has 0 aliphatic heterocycles. The number of rotatable bonds is 2. The van der Waals surface area contributed by atoms with Gasteiger partial charge in [0, 0.05) is 5.92 Å². The lowest BCUT2D eigenvalue weighted by Gasteiger charge is -1.95. The second-order valence-electron chi connectivity index (χ2n) is 2.27. The first-order chi connectivity index (χ1) is 4.72. The van der Waals surface area contributed by atoms with Gasteiger partial charge in [0.25, 0.3) is 0 Å². The van der Waals surface area contributed by atoms with Crippen molar-refractivity contribution in [2.45, 2.75) is 13.8 Å². The molecule has 0 fully saturated rings. The van der Waals surface area contributed by atoms with Gasteiger partial charge in [-0.3, -0.25) is 4.79 Å². The van der Waals surface area contributed by atoms with Crippen LogP contribution in [-0.2, 0) is 0 Å². The molecule has 10 heavy (non-hydrogen) atoms. The van der Waals surface area contributed by atoms with Crippen LogP contribution in [0.5, 0.6) is 0 Å². The maximum atomic E-state index is 11.0. The van der Waals surface area contributed by atoms with Gasteiger partial charge in [-0.2, -0.15) is 0 Å². The molecule has 1 rings (SSSR count). The Labute approximate surface area is 57.8 Å². The minimum absolute atomic E-state index is 0.0604. The van der Waals surface area contributed by atoms with E-state index in [9.17, 15) is 4.79 Å². The van der Waals surface area contributed by atoms with Crippen molar-refractivity contribution in [1.82, 2.24) is 20.6 Å².